The normalized spacial score (nSPS) is 14.6. The molecule has 2 heterocycles. The van der Waals surface area contributed by atoms with Crippen LogP contribution in [-0.2, 0) is 10.8 Å². The molecule has 10 aromatic rings. The Morgan fingerprint density at radius 1 is 0.410 bits per heavy atom. The van der Waals surface area contributed by atoms with Gasteiger partial charge in [0, 0.05) is 32.0 Å². The minimum absolute atomic E-state index is 0.219. The van der Waals surface area contributed by atoms with Crippen LogP contribution in [0.2, 0.25) is 0 Å². The van der Waals surface area contributed by atoms with E-state index >= 15 is 0 Å². The fourth-order valence-electron chi connectivity index (χ4n) is 11.0. The van der Waals surface area contributed by atoms with Crippen LogP contribution < -0.4 is 4.90 Å². The molecular formula is C58H39NOS. The molecule has 0 atom stereocenters. The van der Waals surface area contributed by atoms with E-state index in [0.29, 0.717) is 0 Å². The van der Waals surface area contributed by atoms with Crippen LogP contribution >= 0.6 is 11.8 Å². The summed E-state index contributed by atoms with van der Waals surface area (Å²) in [7, 11) is 0. The van der Waals surface area contributed by atoms with E-state index in [1.54, 1.807) is 0 Å². The van der Waals surface area contributed by atoms with E-state index in [1.807, 2.05) is 11.8 Å². The number of hydrogen-bond acceptors (Lipinski definition) is 3. The highest BCUT2D eigenvalue weighted by molar-refractivity contribution is 7.99. The molecule has 2 nitrogen and oxygen atoms in total. The zero-order valence-electron chi connectivity index (χ0n) is 33.8. The number of anilines is 3. The van der Waals surface area contributed by atoms with Gasteiger partial charge < -0.3 is 9.32 Å². The van der Waals surface area contributed by atoms with Crippen LogP contribution in [0.3, 0.4) is 0 Å². The minimum Gasteiger partial charge on any atom is -0.456 e. The number of furan rings is 1. The van der Waals surface area contributed by atoms with Crippen LogP contribution in [0.15, 0.2) is 214 Å². The Labute approximate surface area is 359 Å². The summed E-state index contributed by atoms with van der Waals surface area (Å²) in [6, 6.07) is 74.2. The number of rotatable bonds is 4. The van der Waals surface area contributed by atoms with Gasteiger partial charge in [0.25, 0.3) is 0 Å². The topological polar surface area (TPSA) is 16.4 Å². The summed E-state index contributed by atoms with van der Waals surface area (Å²) >= 11 is 1.89. The van der Waals surface area contributed by atoms with Crippen molar-refractivity contribution < 1.29 is 4.42 Å². The van der Waals surface area contributed by atoms with E-state index in [9.17, 15) is 0 Å². The molecule has 13 rings (SSSR count). The maximum Gasteiger partial charge on any atom is 0.137 e. The molecule has 0 saturated carbocycles. The molecule has 0 amide bonds. The van der Waals surface area contributed by atoms with E-state index in [0.717, 1.165) is 39.0 Å². The van der Waals surface area contributed by atoms with Gasteiger partial charge in [-0.1, -0.05) is 165 Å². The molecule has 9 aromatic carbocycles. The first-order chi connectivity index (χ1) is 30.0. The van der Waals surface area contributed by atoms with Crippen LogP contribution in [-0.4, -0.2) is 0 Å². The summed E-state index contributed by atoms with van der Waals surface area (Å²) in [4.78, 5) is 5.07. The van der Waals surface area contributed by atoms with Gasteiger partial charge in [0.15, 0.2) is 0 Å². The van der Waals surface area contributed by atoms with Crippen molar-refractivity contribution in [2.24, 2.45) is 0 Å². The van der Waals surface area contributed by atoms with Gasteiger partial charge in [0.2, 0.25) is 0 Å². The molecule has 0 N–H and O–H groups in total. The average Bonchev–Trinajstić information content (AvgIpc) is 3.91. The van der Waals surface area contributed by atoms with Crippen LogP contribution in [0.1, 0.15) is 47.2 Å². The minimum atomic E-state index is -0.488. The maximum absolute atomic E-state index is 6.57. The molecule has 1 aromatic heterocycles. The van der Waals surface area contributed by atoms with Crippen LogP contribution in [0.4, 0.5) is 17.1 Å². The highest BCUT2D eigenvalue weighted by atomic mass is 32.2. The largest absolute Gasteiger partial charge is 0.456 e. The molecular weight excluding hydrogens is 759 g/mol. The Balaban J connectivity index is 1.07. The second-order valence-electron chi connectivity index (χ2n) is 17.2. The molecule has 3 heteroatoms. The fraction of sp³-hybridized carbons (Fsp3) is 0.0690. The van der Waals surface area contributed by atoms with Crippen LogP contribution in [0.25, 0.3) is 55.3 Å². The smallest absolute Gasteiger partial charge is 0.137 e. The Morgan fingerprint density at radius 3 is 1.77 bits per heavy atom. The van der Waals surface area contributed by atoms with Crippen molar-refractivity contribution in [2.45, 2.75) is 34.5 Å². The van der Waals surface area contributed by atoms with Gasteiger partial charge in [-0.3, -0.25) is 0 Å². The summed E-state index contributed by atoms with van der Waals surface area (Å²) in [6.07, 6.45) is 0. The predicted octanol–water partition coefficient (Wildman–Crippen LogP) is 15.9. The van der Waals surface area contributed by atoms with Gasteiger partial charge in [-0.2, -0.15) is 0 Å². The third-order valence-corrected chi connectivity index (χ3v) is 14.9. The summed E-state index contributed by atoms with van der Waals surface area (Å²) in [5.74, 6) is 0. The van der Waals surface area contributed by atoms with Crippen LogP contribution in [0, 0.1) is 0 Å². The van der Waals surface area contributed by atoms with Gasteiger partial charge in [-0.15, -0.1) is 0 Å². The monoisotopic (exact) mass is 797 g/mol. The van der Waals surface area contributed by atoms with Crippen molar-refractivity contribution in [2.75, 3.05) is 4.90 Å². The Bertz CT molecular complexity index is 3400. The van der Waals surface area contributed by atoms with Crippen molar-refractivity contribution in [3.05, 3.63) is 234 Å². The van der Waals surface area contributed by atoms with E-state index in [4.69, 9.17) is 4.42 Å². The lowest BCUT2D eigenvalue weighted by molar-refractivity contribution is 0.660. The Morgan fingerprint density at radius 2 is 0.984 bits per heavy atom. The molecule has 0 radical (unpaired) electrons. The molecule has 61 heavy (non-hydrogen) atoms. The fourth-order valence-corrected chi connectivity index (χ4v) is 12.2. The lowest BCUT2D eigenvalue weighted by atomic mass is 9.67. The lowest BCUT2D eigenvalue weighted by Gasteiger charge is -2.40. The summed E-state index contributed by atoms with van der Waals surface area (Å²) in [6.45, 7) is 4.77. The van der Waals surface area contributed by atoms with Crippen LogP contribution in [0.5, 0.6) is 0 Å². The van der Waals surface area contributed by atoms with Crippen molar-refractivity contribution in [3.8, 4) is 33.4 Å². The summed E-state index contributed by atoms with van der Waals surface area (Å²) in [5, 5.41) is 2.22. The first kappa shape index (κ1) is 34.8. The predicted molar refractivity (Wildman–Crippen MR) is 253 cm³/mol. The van der Waals surface area contributed by atoms with Crippen molar-refractivity contribution in [1.29, 1.82) is 0 Å². The third kappa shape index (κ3) is 4.75. The van der Waals surface area contributed by atoms with E-state index in [1.165, 1.54) is 76.6 Å². The molecule has 0 unspecified atom stereocenters. The van der Waals surface area contributed by atoms with Gasteiger partial charge in [0.1, 0.15) is 11.2 Å². The standard InChI is InChI=1S/C58H39NOS/c1-57(2)48-33-37(36-15-4-3-5-16-36)27-30-42(48)43-31-28-38(34-49(43)57)59(51-23-14-25-53-56(51)44-19-8-12-24-52(44)60-53)39-29-32-55-50(35-39)58(47-22-11-13-26-54(47)61-55)45-20-9-6-17-40(45)41-18-7-10-21-46(41)58/h3-35H,1-2H3. The number of benzene rings is 9. The zero-order valence-corrected chi connectivity index (χ0v) is 34.6. The summed E-state index contributed by atoms with van der Waals surface area (Å²) < 4.78 is 6.57. The second-order valence-corrected chi connectivity index (χ2v) is 18.3. The molecule has 1 spiro atoms. The van der Waals surface area contributed by atoms with Gasteiger partial charge in [-0.05, 0) is 127 Å². The quantitative estimate of drug-likeness (QED) is 0.176. The third-order valence-electron chi connectivity index (χ3n) is 13.7. The Kier molecular flexibility index (Phi) is 7.25. The maximum atomic E-state index is 6.57. The molecule has 0 bridgehead atoms. The van der Waals surface area contributed by atoms with Gasteiger partial charge in [-0.25, -0.2) is 0 Å². The second kappa shape index (κ2) is 12.7. The molecule has 288 valence electrons. The van der Waals surface area contributed by atoms with E-state index in [2.05, 4.69) is 219 Å². The van der Waals surface area contributed by atoms with Crippen molar-refractivity contribution in [1.82, 2.24) is 0 Å². The average molecular weight is 798 g/mol. The lowest BCUT2D eigenvalue weighted by Crippen LogP contribution is -2.32. The number of hydrogen-bond donors (Lipinski definition) is 0. The zero-order chi connectivity index (χ0) is 40.5. The number of fused-ring (bicyclic) bond motifs is 15. The first-order valence-corrected chi connectivity index (χ1v) is 22.0. The number of para-hydroxylation sites is 1. The number of nitrogens with zero attached hydrogens (tertiary/aromatic N) is 1. The molecule has 0 saturated heterocycles. The summed E-state index contributed by atoms with van der Waals surface area (Å²) in [5.41, 5.74) is 20.1. The molecule has 0 fully saturated rings. The first-order valence-electron chi connectivity index (χ1n) is 21.2. The molecule has 3 aliphatic rings. The van der Waals surface area contributed by atoms with E-state index in [-0.39, 0.29) is 5.41 Å². The van der Waals surface area contributed by atoms with Crippen molar-refractivity contribution >= 4 is 50.8 Å². The van der Waals surface area contributed by atoms with Gasteiger partial charge in [0.05, 0.1) is 16.5 Å². The van der Waals surface area contributed by atoms with E-state index < -0.39 is 5.41 Å². The highest BCUT2D eigenvalue weighted by Crippen LogP contribution is 2.63. The molecule has 1 aliphatic heterocycles. The highest BCUT2D eigenvalue weighted by Gasteiger charge is 2.50. The SMILES string of the molecule is CC1(C)c2cc(-c3ccccc3)ccc2-c2ccc(N(c3ccc4c(c3)C3(c5ccccc5S4)c4ccccc4-c4ccccc43)c3cccc4oc5ccccc5c34)cc21. The van der Waals surface area contributed by atoms with Gasteiger partial charge >= 0.3 is 0 Å². The molecule has 2 aliphatic carbocycles. The van der Waals surface area contributed by atoms with Crippen molar-refractivity contribution in [3.63, 3.8) is 0 Å². The Hall–Kier alpha value is -7.07.